The van der Waals surface area contributed by atoms with Crippen LogP contribution in [0.5, 0.6) is 0 Å². The van der Waals surface area contributed by atoms with Crippen LogP contribution in [0.15, 0.2) is 0 Å². The van der Waals surface area contributed by atoms with Crippen molar-refractivity contribution in [1.82, 2.24) is 10.2 Å². The van der Waals surface area contributed by atoms with Gasteiger partial charge in [-0.25, -0.2) is 0 Å². The van der Waals surface area contributed by atoms with Crippen LogP contribution in [0.2, 0.25) is 0 Å². The number of nitriles is 1. The molecule has 0 aliphatic rings. The highest BCUT2D eigenvalue weighted by atomic mass is 16.2. The molecule has 0 fully saturated rings. The third-order valence-electron chi connectivity index (χ3n) is 2.86. The Kier molecular flexibility index (Phi) is 6.39. The van der Waals surface area contributed by atoms with Gasteiger partial charge < -0.3 is 10.2 Å². The molecular formula is C13H23N3O2. The average molecular weight is 253 g/mol. The van der Waals surface area contributed by atoms with E-state index in [1.807, 2.05) is 19.9 Å². The lowest BCUT2D eigenvalue weighted by Crippen LogP contribution is -2.44. The molecule has 0 spiro atoms. The van der Waals surface area contributed by atoms with Crippen LogP contribution in [0.3, 0.4) is 0 Å². The zero-order valence-corrected chi connectivity index (χ0v) is 11.9. The maximum atomic E-state index is 12.0. The maximum absolute atomic E-state index is 12.0. The first-order valence-electron chi connectivity index (χ1n) is 6.20. The van der Waals surface area contributed by atoms with Gasteiger partial charge in [0.1, 0.15) is 5.41 Å². The van der Waals surface area contributed by atoms with Crippen LogP contribution in [0, 0.1) is 22.7 Å². The molecule has 5 heteroatoms. The molecule has 0 bridgehead atoms. The number of hydrogen-bond acceptors (Lipinski definition) is 3. The van der Waals surface area contributed by atoms with Crippen LogP contribution >= 0.6 is 0 Å². The number of hydrogen-bond donors (Lipinski definition) is 1. The SMILES string of the molecule is CCC(C)(C#N)C(=O)N(C)CC(=O)NCC(C)C. The van der Waals surface area contributed by atoms with Gasteiger partial charge >= 0.3 is 0 Å². The fourth-order valence-corrected chi connectivity index (χ4v) is 1.36. The van der Waals surface area contributed by atoms with Crippen LogP contribution in [-0.2, 0) is 9.59 Å². The fourth-order valence-electron chi connectivity index (χ4n) is 1.36. The monoisotopic (exact) mass is 253 g/mol. The Morgan fingerprint density at radius 2 is 2.00 bits per heavy atom. The van der Waals surface area contributed by atoms with Gasteiger partial charge in [-0.3, -0.25) is 9.59 Å². The van der Waals surface area contributed by atoms with Gasteiger partial charge in [0, 0.05) is 13.6 Å². The molecule has 0 aromatic heterocycles. The Morgan fingerprint density at radius 3 is 2.39 bits per heavy atom. The molecular weight excluding hydrogens is 230 g/mol. The largest absolute Gasteiger partial charge is 0.354 e. The molecule has 0 aromatic rings. The van der Waals surface area contributed by atoms with Crippen molar-refractivity contribution < 1.29 is 9.59 Å². The summed E-state index contributed by atoms with van der Waals surface area (Å²) in [6, 6.07) is 2.01. The molecule has 0 saturated heterocycles. The van der Waals surface area contributed by atoms with E-state index in [2.05, 4.69) is 5.32 Å². The van der Waals surface area contributed by atoms with Crippen molar-refractivity contribution in [3.05, 3.63) is 0 Å². The second-order valence-electron chi connectivity index (χ2n) is 5.16. The van der Waals surface area contributed by atoms with E-state index in [0.717, 1.165) is 0 Å². The Morgan fingerprint density at radius 1 is 1.44 bits per heavy atom. The summed E-state index contributed by atoms with van der Waals surface area (Å²) >= 11 is 0. The highest BCUT2D eigenvalue weighted by Gasteiger charge is 2.34. The Balaban J connectivity index is 4.41. The van der Waals surface area contributed by atoms with Crippen molar-refractivity contribution in [2.45, 2.75) is 34.1 Å². The summed E-state index contributed by atoms with van der Waals surface area (Å²) in [7, 11) is 1.54. The van der Waals surface area contributed by atoms with Crippen molar-refractivity contribution in [1.29, 1.82) is 5.26 Å². The molecule has 1 N–H and O–H groups in total. The number of carbonyl (C=O) groups excluding carboxylic acids is 2. The van der Waals surface area contributed by atoms with Crippen molar-refractivity contribution >= 4 is 11.8 Å². The predicted octanol–water partition coefficient (Wildman–Crippen LogP) is 1.16. The van der Waals surface area contributed by atoms with Gasteiger partial charge in [0.25, 0.3) is 0 Å². The lowest BCUT2D eigenvalue weighted by Gasteiger charge is -2.25. The summed E-state index contributed by atoms with van der Waals surface area (Å²) in [6.07, 6.45) is 0.431. The predicted molar refractivity (Wildman–Crippen MR) is 69.5 cm³/mol. The highest BCUT2D eigenvalue weighted by molar-refractivity contribution is 5.89. The molecule has 0 radical (unpaired) electrons. The standard InChI is InChI=1S/C13H23N3O2/c1-6-13(4,9-14)12(18)16(5)8-11(17)15-7-10(2)3/h10H,6-8H2,1-5H3,(H,15,17). The van der Waals surface area contributed by atoms with Gasteiger partial charge in [-0.15, -0.1) is 0 Å². The smallest absolute Gasteiger partial charge is 0.242 e. The summed E-state index contributed by atoms with van der Waals surface area (Å²) < 4.78 is 0. The number of carbonyl (C=O) groups is 2. The topological polar surface area (TPSA) is 73.2 Å². The fraction of sp³-hybridized carbons (Fsp3) is 0.769. The summed E-state index contributed by atoms with van der Waals surface area (Å²) in [6.45, 7) is 7.95. The molecule has 0 saturated carbocycles. The number of likely N-dealkylation sites (N-methyl/N-ethyl adjacent to an activating group) is 1. The summed E-state index contributed by atoms with van der Waals surface area (Å²) in [5.74, 6) is -0.141. The number of rotatable bonds is 6. The quantitative estimate of drug-likeness (QED) is 0.772. The Hall–Kier alpha value is -1.57. The average Bonchev–Trinajstić information content (AvgIpc) is 2.34. The van der Waals surface area contributed by atoms with E-state index >= 15 is 0 Å². The molecule has 0 rings (SSSR count). The molecule has 2 amide bonds. The van der Waals surface area contributed by atoms with E-state index in [9.17, 15) is 9.59 Å². The number of nitrogens with one attached hydrogen (secondary N) is 1. The van der Waals surface area contributed by atoms with E-state index in [0.29, 0.717) is 18.9 Å². The van der Waals surface area contributed by atoms with Crippen LogP contribution in [0.4, 0.5) is 0 Å². The van der Waals surface area contributed by atoms with E-state index in [4.69, 9.17) is 5.26 Å². The van der Waals surface area contributed by atoms with Crippen molar-refractivity contribution in [3.63, 3.8) is 0 Å². The van der Waals surface area contributed by atoms with Crippen LogP contribution in [-0.4, -0.2) is 36.9 Å². The maximum Gasteiger partial charge on any atom is 0.242 e. The first-order valence-corrected chi connectivity index (χ1v) is 6.20. The Labute approximate surface area is 109 Å². The minimum absolute atomic E-state index is 0.0111. The van der Waals surface area contributed by atoms with Crippen molar-refractivity contribution in [3.8, 4) is 6.07 Å². The highest BCUT2D eigenvalue weighted by Crippen LogP contribution is 2.22. The van der Waals surface area contributed by atoms with Gasteiger partial charge in [-0.1, -0.05) is 20.8 Å². The normalized spacial score (nSPS) is 13.6. The molecule has 1 atom stereocenters. The summed E-state index contributed by atoms with van der Waals surface area (Å²) in [4.78, 5) is 24.9. The van der Waals surface area contributed by atoms with Crippen LogP contribution in [0.25, 0.3) is 0 Å². The van der Waals surface area contributed by atoms with Gasteiger partial charge in [0.2, 0.25) is 11.8 Å². The van der Waals surface area contributed by atoms with E-state index in [-0.39, 0.29) is 18.4 Å². The van der Waals surface area contributed by atoms with Crippen LogP contribution in [0.1, 0.15) is 34.1 Å². The lowest BCUT2D eigenvalue weighted by molar-refractivity contribution is -0.140. The molecule has 5 nitrogen and oxygen atoms in total. The molecule has 0 aliphatic carbocycles. The van der Waals surface area contributed by atoms with Crippen LogP contribution < -0.4 is 5.32 Å². The minimum atomic E-state index is -1.05. The van der Waals surface area contributed by atoms with E-state index in [1.54, 1.807) is 20.9 Å². The molecule has 0 aliphatic heterocycles. The number of nitrogens with zero attached hydrogens (tertiary/aromatic N) is 2. The first kappa shape index (κ1) is 16.4. The molecule has 102 valence electrons. The zero-order chi connectivity index (χ0) is 14.3. The first-order chi connectivity index (χ1) is 8.26. The van der Waals surface area contributed by atoms with Gasteiger partial charge in [-0.2, -0.15) is 5.26 Å². The summed E-state index contributed by atoms with van der Waals surface area (Å²) in [5, 5.41) is 11.8. The van der Waals surface area contributed by atoms with Gasteiger partial charge in [0.15, 0.2) is 0 Å². The van der Waals surface area contributed by atoms with E-state index < -0.39 is 5.41 Å². The third-order valence-corrected chi connectivity index (χ3v) is 2.86. The molecule has 18 heavy (non-hydrogen) atoms. The third kappa shape index (κ3) is 4.74. The molecule has 0 heterocycles. The Bertz CT molecular complexity index is 347. The minimum Gasteiger partial charge on any atom is -0.354 e. The van der Waals surface area contributed by atoms with Crippen molar-refractivity contribution in [2.24, 2.45) is 11.3 Å². The van der Waals surface area contributed by atoms with Gasteiger partial charge in [0.05, 0.1) is 12.6 Å². The second kappa shape index (κ2) is 7.00. The van der Waals surface area contributed by atoms with Gasteiger partial charge in [-0.05, 0) is 19.3 Å². The number of amides is 2. The molecule has 0 aromatic carbocycles. The lowest BCUT2D eigenvalue weighted by atomic mass is 9.88. The summed E-state index contributed by atoms with van der Waals surface area (Å²) in [5.41, 5.74) is -1.05. The van der Waals surface area contributed by atoms with E-state index in [1.165, 1.54) is 4.90 Å². The molecule has 1 unspecified atom stereocenters. The van der Waals surface area contributed by atoms with Crippen molar-refractivity contribution in [2.75, 3.05) is 20.1 Å². The zero-order valence-electron chi connectivity index (χ0n) is 11.9. The second-order valence-corrected chi connectivity index (χ2v) is 5.16.